The molecule has 0 spiro atoms. The van der Waals surface area contributed by atoms with Crippen molar-refractivity contribution in [3.05, 3.63) is 121 Å². The number of benzene rings is 3. The molecule has 1 atom stereocenters. The van der Waals surface area contributed by atoms with Crippen molar-refractivity contribution in [2.24, 2.45) is 4.99 Å². The largest absolute Gasteiger partial charge is 0.494 e. The summed E-state index contributed by atoms with van der Waals surface area (Å²) in [5, 5.41) is 11.7. The van der Waals surface area contributed by atoms with Crippen molar-refractivity contribution in [2.45, 2.75) is 23.1 Å². The van der Waals surface area contributed by atoms with Gasteiger partial charge in [0, 0.05) is 21.6 Å². The number of rotatable bonds is 4. The normalized spacial score (nSPS) is 15.3. The van der Waals surface area contributed by atoms with Crippen LogP contribution < -0.4 is 11.2 Å². The van der Waals surface area contributed by atoms with E-state index < -0.39 is 17.1 Å². The molecule has 1 aliphatic rings. The molecule has 8 heteroatoms. The molecule has 1 aromatic heterocycles. The zero-order valence-corrected chi connectivity index (χ0v) is 19.5. The lowest BCUT2D eigenvalue weighted by Gasteiger charge is -2.17. The highest BCUT2D eigenvalue weighted by Crippen LogP contribution is 2.45. The molecule has 0 bridgehead atoms. The first-order chi connectivity index (χ1) is 16.5. The van der Waals surface area contributed by atoms with Crippen molar-refractivity contribution < 1.29 is 5.11 Å². The van der Waals surface area contributed by atoms with Crippen LogP contribution in [0.4, 0.5) is 5.69 Å². The number of H-pyrrole nitrogens is 1. The highest BCUT2D eigenvalue weighted by atomic mass is 35.5. The Morgan fingerprint density at radius 2 is 1.71 bits per heavy atom. The molecule has 170 valence electrons. The van der Waals surface area contributed by atoms with Gasteiger partial charge in [-0.2, -0.15) is 0 Å². The predicted octanol–water partition coefficient (Wildman–Crippen LogP) is 5.30. The zero-order valence-electron chi connectivity index (χ0n) is 17.9. The Hall–Kier alpha value is -3.55. The van der Waals surface area contributed by atoms with Gasteiger partial charge in [-0.3, -0.25) is 19.3 Å². The number of nitrogens with zero attached hydrogens (tertiary/aromatic N) is 2. The Kier molecular flexibility index (Phi) is 6.13. The van der Waals surface area contributed by atoms with E-state index >= 15 is 0 Å². The third kappa shape index (κ3) is 4.44. The monoisotopic (exact) mass is 489 g/mol. The van der Waals surface area contributed by atoms with Gasteiger partial charge >= 0.3 is 5.69 Å². The molecular formula is C26H20ClN3O3S. The summed E-state index contributed by atoms with van der Waals surface area (Å²) in [6.45, 7) is 0.120. The van der Waals surface area contributed by atoms with Gasteiger partial charge < -0.3 is 5.11 Å². The first-order valence-electron chi connectivity index (χ1n) is 10.7. The van der Waals surface area contributed by atoms with E-state index in [1.807, 2.05) is 78.9 Å². The van der Waals surface area contributed by atoms with Gasteiger partial charge in [0.2, 0.25) is 5.88 Å². The van der Waals surface area contributed by atoms with Crippen LogP contribution in [0.15, 0.2) is 98.3 Å². The lowest BCUT2D eigenvalue weighted by Crippen LogP contribution is -2.34. The molecule has 0 aliphatic carbocycles. The van der Waals surface area contributed by atoms with Gasteiger partial charge in [-0.1, -0.05) is 66.2 Å². The highest BCUT2D eigenvalue weighted by Gasteiger charge is 2.27. The van der Waals surface area contributed by atoms with Crippen LogP contribution in [0, 0.1) is 0 Å². The molecular weight excluding hydrogens is 470 g/mol. The van der Waals surface area contributed by atoms with Crippen LogP contribution in [0.1, 0.15) is 28.4 Å². The van der Waals surface area contributed by atoms with Gasteiger partial charge in [-0.15, -0.1) is 11.8 Å². The van der Waals surface area contributed by atoms with E-state index in [1.165, 1.54) is 0 Å². The fourth-order valence-electron chi connectivity index (χ4n) is 3.96. The highest BCUT2D eigenvalue weighted by molar-refractivity contribution is 7.99. The maximum absolute atomic E-state index is 12.9. The summed E-state index contributed by atoms with van der Waals surface area (Å²) in [5.74, 6) is -0.393. The third-order valence-electron chi connectivity index (χ3n) is 5.65. The maximum Gasteiger partial charge on any atom is 0.331 e. The molecule has 2 heterocycles. The fraction of sp³-hybridized carbons (Fsp3) is 0.115. The number of nitrogens with one attached hydrogen (secondary N) is 1. The molecule has 34 heavy (non-hydrogen) atoms. The second-order valence-electron chi connectivity index (χ2n) is 7.92. The van der Waals surface area contributed by atoms with E-state index in [1.54, 1.807) is 11.8 Å². The Balaban J connectivity index is 1.64. The van der Waals surface area contributed by atoms with Crippen molar-refractivity contribution in [3.63, 3.8) is 0 Å². The summed E-state index contributed by atoms with van der Waals surface area (Å²) < 4.78 is 1.16. The summed E-state index contributed by atoms with van der Waals surface area (Å²) in [7, 11) is 0. The van der Waals surface area contributed by atoms with Gasteiger partial charge in [-0.05, 0) is 35.4 Å². The van der Waals surface area contributed by atoms with Crippen LogP contribution >= 0.6 is 23.4 Å². The lowest BCUT2D eigenvalue weighted by atomic mass is 10.0. The van der Waals surface area contributed by atoms with Crippen molar-refractivity contribution in [1.29, 1.82) is 0 Å². The molecule has 0 fully saturated rings. The molecule has 3 aromatic carbocycles. The topological polar surface area (TPSA) is 87.5 Å². The summed E-state index contributed by atoms with van der Waals surface area (Å²) in [6.07, 6.45) is 0.376. The molecule has 0 saturated heterocycles. The van der Waals surface area contributed by atoms with Gasteiger partial charge in [0.05, 0.1) is 17.9 Å². The number of thioether (sulfide) groups is 1. The Morgan fingerprint density at radius 3 is 2.47 bits per heavy atom. The quantitative estimate of drug-likeness (QED) is 0.407. The Morgan fingerprint density at radius 1 is 1.00 bits per heavy atom. The van der Waals surface area contributed by atoms with Crippen LogP contribution in [0.5, 0.6) is 5.88 Å². The van der Waals surface area contributed by atoms with Gasteiger partial charge in [-0.25, -0.2) is 4.79 Å². The van der Waals surface area contributed by atoms with Crippen LogP contribution in [-0.2, 0) is 6.54 Å². The van der Waals surface area contributed by atoms with Crippen LogP contribution in [0.25, 0.3) is 0 Å². The van der Waals surface area contributed by atoms with Crippen molar-refractivity contribution in [3.8, 4) is 5.88 Å². The molecule has 4 aromatic rings. The maximum atomic E-state index is 12.9. The molecule has 0 amide bonds. The smallest absolute Gasteiger partial charge is 0.331 e. The first-order valence-corrected chi connectivity index (χ1v) is 11.9. The van der Waals surface area contributed by atoms with E-state index in [-0.39, 0.29) is 17.4 Å². The average Bonchev–Trinajstić information content (AvgIpc) is 3.02. The number of halogens is 1. The van der Waals surface area contributed by atoms with Crippen molar-refractivity contribution in [2.75, 3.05) is 0 Å². The lowest BCUT2D eigenvalue weighted by molar-refractivity contribution is 0.408. The average molecular weight is 490 g/mol. The minimum Gasteiger partial charge on any atom is -0.494 e. The van der Waals surface area contributed by atoms with E-state index in [2.05, 4.69) is 4.98 Å². The molecule has 0 unspecified atom stereocenters. The third-order valence-corrected chi connectivity index (χ3v) is 7.23. The molecule has 6 nitrogen and oxygen atoms in total. The SMILES string of the molecule is O=c1[nH]c(=O)n(Cc2ccccc2)c(O)c1C1=Nc2ccccc2S[C@H](c2ccc(Cl)cc2)C1. The molecule has 0 radical (unpaired) electrons. The number of hydrogen-bond donors (Lipinski definition) is 2. The van der Waals surface area contributed by atoms with Crippen LogP contribution in [0.2, 0.25) is 5.02 Å². The second-order valence-corrected chi connectivity index (χ2v) is 9.60. The van der Waals surface area contributed by atoms with Gasteiger partial charge in [0.15, 0.2) is 0 Å². The number of fused-ring (bicyclic) bond motifs is 1. The van der Waals surface area contributed by atoms with Gasteiger partial charge in [0.1, 0.15) is 5.56 Å². The number of aromatic hydroxyl groups is 1. The second kappa shape index (κ2) is 9.37. The van der Waals surface area contributed by atoms with Crippen molar-refractivity contribution in [1.82, 2.24) is 9.55 Å². The first kappa shape index (κ1) is 22.3. The number of aromatic amines is 1. The molecule has 5 rings (SSSR count). The van der Waals surface area contributed by atoms with Crippen LogP contribution in [0.3, 0.4) is 0 Å². The van der Waals surface area contributed by atoms with E-state index in [0.29, 0.717) is 22.8 Å². The Labute approximate surface area is 204 Å². The number of para-hydroxylation sites is 1. The van der Waals surface area contributed by atoms with Gasteiger partial charge in [0.25, 0.3) is 5.56 Å². The fourth-order valence-corrected chi connectivity index (χ4v) is 5.32. The van der Waals surface area contributed by atoms with Crippen molar-refractivity contribution >= 4 is 34.8 Å². The Bertz CT molecular complexity index is 1490. The summed E-state index contributed by atoms with van der Waals surface area (Å²) in [4.78, 5) is 33.6. The molecule has 1 aliphatic heterocycles. The number of aromatic nitrogens is 2. The van der Waals surface area contributed by atoms with E-state index in [9.17, 15) is 14.7 Å². The standard InChI is InChI=1S/C26H20ClN3O3S/c27-18-12-10-17(11-13-18)22-14-20(28-19-8-4-5-9-21(19)34-22)23-24(31)29-26(33)30(25(23)32)15-16-6-2-1-3-7-16/h1-13,22,32H,14-15H2,(H,29,31,33)/t22-/m0/s1. The summed E-state index contributed by atoms with van der Waals surface area (Å²) in [5.41, 5.74) is 1.63. The zero-order chi connectivity index (χ0) is 23.7. The minimum atomic E-state index is -0.673. The number of aliphatic imine (C=N–C) groups is 1. The van der Waals surface area contributed by atoms with E-state index in [0.717, 1.165) is 20.6 Å². The predicted molar refractivity (Wildman–Crippen MR) is 136 cm³/mol. The minimum absolute atomic E-state index is 0.00629. The summed E-state index contributed by atoms with van der Waals surface area (Å²) in [6, 6.07) is 24.5. The number of hydrogen-bond acceptors (Lipinski definition) is 5. The summed E-state index contributed by atoms with van der Waals surface area (Å²) >= 11 is 7.72. The molecule has 2 N–H and O–H groups in total. The van der Waals surface area contributed by atoms with E-state index in [4.69, 9.17) is 16.6 Å². The molecule has 0 saturated carbocycles. The van der Waals surface area contributed by atoms with Crippen LogP contribution in [-0.4, -0.2) is 20.4 Å².